The standard InChI is InChI=1S/C26H25O2P/c1-20(25(27)28-2)24-26(21-12-6-3-7-13-21,22-14-8-4-9-15-22)18-19-29(24)23-16-10-5-11-17-23/h3-17H,18-19H2,1-2H3/b24-20+. The summed E-state index contributed by atoms with van der Waals surface area (Å²) >= 11 is 0. The molecule has 0 spiro atoms. The van der Waals surface area contributed by atoms with E-state index >= 15 is 0 Å². The molecule has 0 aliphatic carbocycles. The molecule has 2 nitrogen and oxygen atoms in total. The number of allylic oxidation sites excluding steroid dienone is 1. The molecule has 146 valence electrons. The van der Waals surface area contributed by atoms with Crippen LogP contribution >= 0.6 is 7.92 Å². The smallest absolute Gasteiger partial charge is 0.333 e. The topological polar surface area (TPSA) is 26.3 Å². The molecule has 0 bridgehead atoms. The first kappa shape index (κ1) is 19.6. The number of carbonyl (C=O) groups is 1. The molecule has 0 N–H and O–H groups in total. The Labute approximate surface area is 174 Å². The summed E-state index contributed by atoms with van der Waals surface area (Å²) < 4.78 is 5.19. The van der Waals surface area contributed by atoms with Gasteiger partial charge in [-0.15, -0.1) is 0 Å². The summed E-state index contributed by atoms with van der Waals surface area (Å²) in [5, 5.41) is 2.54. The number of rotatable bonds is 4. The Hall–Kier alpha value is -2.70. The van der Waals surface area contributed by atoms with E-state index in [9.17, 15) is 4.79 Å². The van der Waals surface area contributed by atoms with Crippen LogP contribution in [0.3, 0.4) is 0 Å². The summed E-state index contributed by atoms with van der Waals surface area (Å²) in [6, 6.07) is 31.9. The zero-order valence-electron chi connectivity index (χ0n) is 16.8. The number of ether oxygens (including phenoxy) is 1. The monoisotopic (exact) mass is 400 g/mol. The minimum absolute atomic E-state index is 0.235. The lowest BCUT2D eigenvalue weighted by Crippen LogP contribution is -2.28. The van der Waals surface area contributed by atoms with Gasteiger partial charge in [0.25, 0.3) is 0 Å². The molecule has 0 radical (unpaired) electrons. The molecule has 0 aromatic heterocycles. The summed E-state index contributed by atoms with van der Waals surface area (Å²) in [6.45, 7) is 1.94. The third-order valence-corrected chi connectivity index (χ3v) is 8.68. The van der Waals surface area contributed by atoms with Crippen LogP contribution in [0.15, 0.2) is 102 Å². The van der Waals surface area contributed by atoms with Crippen LogP contribution in [-0.4, -0.2) is 19.2 Å². The van der Waals surface area contributed by atoms with Gasteiger partial charge >= 0.3 is 5.97 Å². The number of benzene rings is 3. The largest absolute Gasteiger partial charge is 0.466 e. The van der Waals surface area contributed by atoms with Crippen LogP contribution in [0.4, 0.5) is 0 Å². The first-order chi connectivity index (χ1) is 14.2. The van der Waals surface area contributed by atoms with E-state index in [2.05, 4.69) is 72.8 Å². The summed E-state index contributed by atoms with van der Waals surface area (Å²) in [6.07, 6.45) is 2.03. The first-order valence-corrected chi connectivity index (χ1v) is 11.4. The fourth-order valence-corrected chi connectivity index (χ4v) is 7.71. The molecule has 3 aromatic rings. The highest BCUT2D eigenvalue weighted by Gasteiger charge is 2.48. The molecule has 1 aliphatic heterocycles. The third kappa shape index (κ3) is 3.43. The predicted molar refractivity (Wildman–Crippen MR) is 121 cm³/mol. The summed E-state index contributed by atoms with van der Waals surface area (Å²) in [7, 11) is 0.834. The molecular weight excluding hydrogens is 375 g/mol. The minimum atomic E-state index is -0.638. The molecular formula is C26H25O2P. The molecule has 4 rings (SSSR count). The first-order valence-electron chi connectivity index (χ1n) is 9.92. The Morgan fingerprint density at radius 1 is 0.828 bits per heavy atom. The molecule has 1 fully saturated rings. The maximum Gasteiger partial charge on any atom is 0.333 e. The highest BCUT2D eigenvalue weighted by atomic mass is 31.1. The van der Waals surface area contributed by atoms with Gasteiger partial charge in [-0.1, -0.05) is 91.0 Å². The Balaban J connectivity index is 2.03. The van der Waals surface area contributed by atoms with Crippen molar-refractivity contribution < 1.29 is 9.53 Å². The second-order valence-corrected chi connectivity index (χ2v) is 9.61. The zero-order chi connectivity index (χ0) is 20.3. The molecule has 1 saturated heterocycles. The van der Waals surface area contributed by atoms with Crippen molar-refractivity contribution in [2.24, 2.45) is 0 Å². The second kappa shape index (κ2) is 8.35. The molecule has 1 unspecified atom stereocenters. The van der Waals surface area contributed by atoms with Crippen LogP contribution < -0.4 is 5.30 Å². The van der Waals surface area contributed by atoms with Gasteiger partial charge in [0.05, 0.1) is 7.11 Å². The van der Waals surface area contributed by atoms with Crippen molar-refractivity contribution in [2.45, 2.75) is 18.8 Å². The van der Waals surface area contributed by atoms with Gasteiger partial charge in [-0.05, 0) is 49.2 Å². The van der Waals surface area contributed by atoms with E-state index in [1.165, 1.54) is 28.9 Å². The van der Waals surface area contributed by atoms with E-state index in [0.717, 1.165) is 18.2 Å². The average Bonchev–Trinajstić information content (AvgIpc) is 3.21. The molecule has 3 aromatic carbocycles. The van der Waals surface area contributed by atoms with Crippen LogP contribution in [0.25, 0.3) is 0 Å². The van der Waals surface area contributed by atoms with Crippen molar-refractivity contribution >= 4 is 19.2 Å². The third-order valence-electron chi connectivity index (χ3n) is 5.83. The molecule has 1 aliphatic rings. The van der Waals surface area contributed by atoms with E-state index in [0.29, 0.717) is 0 Å². The van der Waals surface area contributed by atoms with Gasteiger partial charge in [-0.2, -0.15) is 0 Å². The van der Waals surface area contributed by atoms with E-state index in [4.69, 9.17) is 4.74 Å². The Bertz CT molecular complexity index is 971. The van der Waals surface area contributed by atoms with Gasteiger partial charge in [0.1, 0.15) is 0 Å². The average molecular weight is 400 g/mol. The SMILES string of the molecule is COC(=O)/C(C)=C1/P(c2ccccc2)CCC1(c1ccccc1)c1ccccc1. The summed E-state index contributed by atoms with van der Waals surface area (Å²) in [5.74, 6) is -0.235. The number of hydrogen-bond acceptors (Lipinski definition) is 2. The lowest BCUT2D eigenvalue weighted by atomic mass is 9.71. The zero-order valence-corrected chi connectivity index (χ0v) is 17.7. The summed E-state index contributed by atoms with van der Waals surface area (Å²) in [5.41, 5.74) is 2.91. The van der Waals surface area contributed by atoms with E-state index in [1.54, 1.807) is 0 Å². The van der Waals surface area contributed by atoms with E-state index in [1.807, 2.05) is 25.1 Å². The highest BCUT2D eigenvalue weighted by molar-refractivity contribution is 7.70. The normalized spacial score (nSPS) is 19.6. The maximum absolute atomic E-state index is 12.8. The molecule has 1 heterocycles. The lowest BCUT2D eigenvalue weighted by molar-refractivity contribution is -0.136. The van der Waals surface area contributed by atoms with Gasteiger partial charge in [-0.25, -0.2) is 4.79 Å². The van der Waals surface area contributed by atoms with Gasteiger partial charge in [0, 0.05) is 11.0 Å². The number of hydrogen-bond donors (Lipinski definition) is 0. The number of esters is 1. The van der Waals surface area contributed by atoms with Gasteiger partial charge in [-0.3, -0.25) is 0 Å². The number of carbonyl (C=O) groups excluding carboxylic acids is 1. The Kier molecular flexibility index (Phi) is 5.65. The lowest BCUT2D eigenvalue weighted by Gasteiger charge is -2.35. The van der Waals surface area contributed by atoms with E-state index in [-0.39, 0.29) is 11.4 Å². The molecule has 0 amide bonds. The minimum Gasteiger partial charge on any atom is -0.466 e. The van der Waals surface area contributed by atoms with E-state index < -0.39 is 7.92 Å². The van der Waals surface area contributed by atoms with Crippen molar-refractivity contribution in [3.63, 3.8) is 0 Å². The quantitative estimate of drug-likeness (QED) is 0.322. The Morgan fingerprint density at radius 2 is 1.31 bits per heavy atom. The van der Waals surface area contributed by atoms with Crippen LogP contribution in [0.2, 0.25) is 0 Å². The fourth-order valence-electron chi connectivity index (χ4n) is 4.55. The Morgan fingerprint density at radius 3 is 1.79 bits per heavy atom. The van der Waals surface area contributed by atoms with Crippen LogP contribution in [0.5, 0.6) is 0 Å². The van der Waals surface area contributed by atoms with Crippen molar-refractivity contribution in [2.75, 3.05) is 13.3 Å². The summed E-state index contributed by atoms with van der Waals surface area (Å²) in [4.78, 5) is 12.8. The van der Waals surface area contributed by atoms with Crippen molar-refractivity contribution in [1.29, 1.82) is 0 Å². The number of methoxy groups -OCH3 is 1. The molecule has 1 atom stereocenters. The van der Waals surface area contributed by atoms with Gasteiger partial charge in [0.15, 0.2) is 0 Å². The van der Waals surface area contributed by atoms with Gasteiger partial charge in [0.2, 0.25) is 0 Å². The molecule has 29 heavy (non-hydrogen) atoms. The highest BCUT2D eigenvalue weighted by Crippen LogP contribution is 2.65. The van der Waals surface area contributed by atoms with Gasteiger partial charge < -0.3 is 4.74 Å². The molecule has 0 saturated carbocycles. The second-order valence-electron chi connectivity index (χ2n) is 7.34. The van der Waals surface area contributed by atoms with Crippen LogP contribution in [0, 0.1) is 0 Å². The maximum atomic E-state index is 12.8. The fraction of sp³-hybridized carbons (Fsp3) is 0.192. The predicted octanol–water partition coefficient (Wildman–Crippen LogP) is 5.63. The van der Waals surface area contributed by atoms with Crippen molar-refractivity contribution in [3.8, 4) is 0 Å². The van der Waals surface area contributed by atoms with Crippen LogP contribution in [0.1, 0.15) is 24.5 Å². The molecule has 3 heteroatoms. The van der Waals surface area contributed by atoms with Crippen molar-refractivity contribution in [1.82, 2.24) is 0 Å². The van der Waals surface area contributed by atoms with Crippen LogP contribution in [-0.2, 0) is 14.9 Å². The van der Waals surface area contributed by atoms with Crippen molar-refractivity contribution in [3.05, 3.63) is 113 Å².